The zero-order valence-electron chi connectivity index (χ0n) is 11.4. The number of amides is 3. The molecular formula is C12H21N3O3. The number of carbonyl (C=O) groups is 3. The lowest BCUT2D eigenvalue weighted by Gasteiger charge is -2.37. The summed E-state index contributed by atoms with van der Waals surface area (Å²) in [5.41, 5.74) is 0.865. The van der Waals surface area contributed by atoms with Gasteiger partial charge in [0.1, 0.15) is 0 Å². The van der Waals surface area contributed by atoms with Crippen molar-refractivity contribution >= 4 is 17.7 Å². The molecule has 18 heavy (non-hydrogen) atoms. The largest absolute Gasteiger partial charge is 0.294 e. The van der Waals surface area contributed by atoms with Crippen molar-refractivity contribution in [2.45, 2.75) is 40.5 Å². The Balaban J connectivity index is 2.83. The van der Waals surface area contributed by atoms with Crippen LogP contribution in [0, 0.1) is 10.8 Å². The molecule has 1 aliphatic heterocycles. The fraction of sp³-hybridized carbons (Fsp3) is 0.750. The molecule has 0 saturated carbocycles. The van der Waals surface area contributed by atoms with Crippen molar-refractivity contribution in [3.63, 3.8) is 0 Å². The Morgan fingerprint density at radius 1 is 1.33 bits per heavy atom. The summed E-state index contributed by atoms with van der Waals surface area (Å²) in [5, 5.41) is 0. The molecule has 0 radical (unpaired) electrons. The number of likely N-dealkylation sites (tertiary alicyclic amines) is 1. The van der Waals surface area contributed by atoms with Crippen LogP contribution in [0.4, 0.5) is 0 Å². The predicted molar refractivity (Wildman–Crippen MR) is 65.8 cm³/mol. The highest BCUT2D eigenvalue weighted by Gasteiger charge is 2.41. The van der Waals surface area contributed by atoms with Gasteiger partial charge in [-0.1, -0.05) is 13.8 Å². The summed E-state index contributed by atoms with van der Waals surface area (Å²) in [6.07, 6.45) is 0.637. The van der Waals surface area contributed by atoms with Crippen molar-refractivity contribution in [2.75, 3.05) is 6.54 Å². The lowest BCUT2D eigenvalue weighted by molar-refractivity contribution is -0.155. The number of hydrazine groups is 1. The van der Waals surface area contributed by atoms with Gasteiger partial charge in [-0.05, 0) is 19.3 Å². The molecule has 0 bridgehead atoms. The fourth-order valence-electron chi connectivity index (χ4n) is 2.05. The van der Waals surface area contributed by atoms with E-state index in [0.29, 0.717) is 12.8 Å². The maximum atomic E-state index is 12.0. The monoisotopic (exact) mass is 255 g/mol. The van der Waals surface area contributed by atoms with Gasteiger partial charge in [-0.25, -0.2) is 5.84 Å². The Morgan fingerprint density at radius 3 is 2.17 bits per heavy atom. The number of nitrogens with two attached hydrogens (primary N) is 1. The van der Waals surface area contributed by atoms with Gasteiger partial charge >= 0.3 is 0 Å². The second kappa shape index (κ2) is 4.68. The van der Waals surface area contributed by atoms with Gasteiger partial charge in [-0.15, -0.1) is 0 Å². The van der Waals surface area contributed by atoms with Crippen LogP contribution < -0.4 is 11.3 Å². The van der Waals surface area contributed by atoms with E-state index in [1.165, 1.54) is 4.90 Å². The maximum absolute atomic E-state index is 12.0. The first kappa shape index (κ1) is 14.6. The van der Waals surface area contributed by atoms with Gasteiger partial charge in [0.25, 0.3) is 0 Å². The van der Waals surface area contributed by atoms with Crippen LogP contribution in [-0.4, -0.2) is 29.2 Å². The maximum Gasteiger partial charge on any atom is 0.241 e. The zero-order chi connectivity index (χ0) is 14.1. The fourth-order valence-corrected chi connectivity index (χ4v) is 2.05. The molecule has 6 nitrogen and oxygen atoms in total. The standard InChI is InChI=1S/C12H21N3O3/c1-11(2)5-8(16)15(9(17)6-11)7-12(3,4)10(18)14-13/h5-7,13H2,1-4H3,(H,14,18). The quantitative estimate of drug-likeness (QED) is 0.325. The van der Waals surface area contributed by atoms with E-state index >= 15 is 0 Å². The number of piperidine rings is 1. The normalized spacial score (nSPS) is 19.9. The minimum Gasteiger partial charge on any atom is -0.294 e. The third kappa shape index (κ3) is 3.07. The van der Waals surface area contributed by atoms with Crippen LogP contribution in [0.1, 0.15) is 40.5 Å². The number of hydrogen-bond donors (Lipinski definition) is 2. The number of hydrogen-bond acceptors (Lipinski definition) is 4. The summed E-state index contributed by atoms with van der Waals surface area (Å²) in [4.78, 5) is 36.6. The first-order valence-corrected chi connectivity index (χ1v) is 5.93. The lowest BCUT2D eigenvalue weighted by atomic mass is 9.80. The first-order valence-electron chi connectivity index (χ1n) is 5.93. The van der Waals surface area contributed by atoms with E-state index in [4.69, 9.17) is 5.84 Å². The minimum atomic E-state index is -0.887. The highest BCUT2D eigenvalue weighted by Crippen LogP contribution is 2.33. The molecule has 0 aromatic heterocycles. The van der Waals surface area contributed by atoms with Crippen molar-refractivity contribution in [3.05, 3.63) is 0 Å². The average Bonchev–Trinajstić information content (AvgIpc) is 2.21. The Kier molecular flexibility index (Phi) is 3.81. The number of rotatable bonds is 3. The first-order chi connectivity index (χ1) is 8.09. The molecule has 0 spiro atoms. The molecule has 1 heterocycles. The SMILES string of the molecule is CC1(C)CC(=O)N(CC(C)(C)C(=O)NN)C(=O)C1. The molecule has 0 atom stereocenters. The van der Waals surface area contributed by atoms with Gasteiger partial charge in [0.05, 0.1) is 5.41 Å². The summed E-state index contributed by atoms with van der Waals surface area (Å²) in [5.74, 6) is 4.24. The highest BCUT2D eigenvalue weighted by atomic mass is 16.2. The average molecular weight is 255 g/mol. The van der Waals surface area contributed by atoms with Crippen molar-refractivity contribution in [1.82, 2.24) is 10.3 Å². The van der Waals surface area contributed by atoms with Gasteiger partial charge in [0.15, 0.2) is 0 Å². The summed E-state index contributed by atoms with van der Waals surface area (Å²) in [6.45, 7) is 7.13. The van der Waals surface area contributed by atoms with Gasteiger partial charge < -0.3 is 0 Å². The van der Waals surface area contributed by atoms with Crippen molar-refractivity contribution in [1.29, 1.82) is 0 Å². The van der Waals surface area contributed by atoms with E-state index in [0.717, 1.165) is 0 Å². The van der Waals surface area contributed by atoms with Crippen LogP contribution in [0.25, 0.3) is 0 Å². The topological polar surface area (TPSA) is 92.5 Å². The van der Waals surface area contributed by atoms with E-state index in [-0.39, 0.29) is 23.8 Å². The van der Waals surface area contributed by atoms with Gasteiger partial charge in [0.2, 0.25) is 17.7 Å². The molecule has 3 N–H and O–H groups in total. The van der Waals surface area contributed by atoms with Gasteiger partial charge in [-0.2, -0.15) is 0 Å². The van der Waals surface area contributed by atoms with Crippen LogP contribution in [0.3, 0.4) is 0 Å². The molecule has 1 saturated heterocycles. The van der Waals surface area contributed by atoms with Gasteiger partial charge in [-0.3, -0.25) is 24.7 Å². The number of nitrogens with zero attached hydrogens (tertiary/aromatic N) is 1. The van der Waals surface area contributed by atoms with Crippen LogP contribution in [0.15, 0.2) is 0 Å². The second-order valence-corrected chi connectivity index (χ2v) is 6.25. The molecule has 3 amide bonds. The van der Waals surface area contributed by atoms with Crippen LogP contribution >= 0.6 is 0 Å². The molecule has 1 rings (SSSR count). The minimum absolute atomic E-state index is 0.0593. The van der Waals surface area contributed by atoms with E-state index in [1.807, 2.05) is 13.8 Å². The molecule has 1 aliphatic rings. The lowest BCUT2D eigenvalue weighted by Crippen LogP contribution is -2.53. The van der Waals surface area contributed by atoms with Crippen LogP contribution in [0.5, 0.6) is 0 Å². The summed E-state index contributed by atoms with van der Waals surface area (Å²) in [7, 11) is 0. The molecular weight excluding hydrogens is 234 g/mol. The van der Waals surface area contributed by atoms with Crippen molar-refractivity contribution in [2.24, 2.45) is 16.7 Å². The van der Waals surface area contributed by atoms with Crippen LogP contribution in [-0.2, 0) is 14.4 Å². The molecule has 0 aliphatic carbocycles. The van der Waals surface area contributed by atoms with Crippen molar-refractivity contribution in [3.8, 4) is 0 Å². The predicted octanol–water partition coefficient (Wildman–Crippen LogP) is 0.178. The number of imide groups is 1. The smallest absolute Gasteiger partial charge is 0.241 e. The molecule has 0 aromatic carbocycles. The van der Waals surface area contributed by atoms with Gasteiger partial charge in [0, 0.05) is 19.4 Å². The second-order valence-electron chi connectivity index (χ2n) is 6.25. The van der Waals surface area contributed by atoms with Crippen LogP contribution in [0.2, 0.25) is 0 Å². The third-order valence-electron chi connectivity index (χ3n) is 3.16. The molecule has 6 heteroatoms. The van der Waals surface area contributed by atoms with E-state index in [1.54, 1.807) is 13.8 Å². The molecule has 0 unspecified atom stereocenters. The Bertz CT molecular complexity index is 368. The third-order valence-corrected chi connectivity index (χ3v) is 3.16. The molecule has 1 fully saturated rings. The number of nitrogens with one attached hydrogen (secondary N) is 1. The zero-order valence-corrected chi connectivity index (χ0v) is 11.4. The number of carbonyl (C=O) groups excluding carboxylic acids is 3. The molecule has 0 aromatic rings. The molecule has 102 valence electrons. The van der Waals surface area contributed by atoms with E-state index < -0.39 is 11.3 Å². The summed E-state index contributed by atoms with van der Waals surface area (Å²) in [6, 6.07) is 0. The summed E-state index contributed by atoms with van der Waals surface area (Å²) >= 11 is 0. The van der Waals surface area contributed by atoms with E-state index in [9.17, 15) is 14.4 Å². The Labute approximate surface area is 107 Å². The van der Waals surface area contributed by atoms with Crippen molar-refractivity contribution < 1.29 is 14.4 Å². The summed E-state index contributed by atoms with van der Waals surface area (Å²) < 4.78 is 0. The van der Waals surface area contributed by atoms with E-state index in [2.05, 4.69) is 5.43 Å². The highest BCUT2D eigenvalue weighted by molar-refractivity contribution is 5.99. The Morgan fingerprint density at radius 2 is 1.78 bits per heavy atom. The Hall–Kier alpha value is -1.43.